The Morgan fingerprint density at radius 3 is 2.31 bits per heavy atom. The Labute approximate surface area is 241 Å². The molecule has 0 fully saturated rings. The minimum absolute atomic E-state index is 0.0617. The van der Waals surface area contributed by atoms with E-state index in [1.54, 1.807) is 0 Å². The number of nitriles is 1. The molecule has 0 aromatic heterocycles. The van der Waals surface area contributed by atoms with Gasteiger partial charge in [-0.25, -0.2) is 9.59 Å². The highest BCUT2D eigenvalue weighted by Crippen LogP contribution is 2.32. The lowest BCUT2D eigenvalue weighted by molar-refractivity contribution is -0.185. The molecule has 0 radical (unpaired) electrons. The van der Waals surface area contributed by atoms with Crippen LogP contribution in [0.3, 0.4) is 0 Å². The SMILES string of the molecule is N#CCCCCCOc1ccc(C(F)(F)Oc2ccc(C=CC(=O)OCCc3c(N)cc(N)cc3C(=O)O)cc2)cc1. The van der Waals surface area contributed by atoms with Gasteiger partial charge in [-0.05, 0) is 85.0 Å². The van der Waals surface area contributed by atoms with Crippen LogP contribution in [-0.4, -0.2) is 30.3 Å². The maximum atomic E-state index is 14.7. The van der Waals surface area contributed by atoms with E-state index < -0.39 is 18.0 Å². The third kappa shape index (κ3) is 9.52. The summed E-state index contributed by atoms with van der Waals surface area (Å²) in [5.74, 6) is -1.49. The van der Waals surface area contributed by atoms with Crippen LogP contribution in [0.5, 0.6) is 11.5 Å². The van der Waals surface area contributed by atoms with E-state index in [0.717, 1.165) is 25.3 Å². The Balaban J connectivity index is 1.48. The molecule has 0 aliphatic rings. The first-order valence-corrected chi connectivity index (χ1v) is 13.1. The van der Waals surface area contributed by atoms with Gasteiger partial charge < -0.3 is 30.8 Å². The number of unbranched alkanes of at least 4 members (excludes halogenated alkanes) is 3. The second-order valence-electron chi connectivity index (χ2n) is 9.22. The summed E-state index contributed by atoms with van der Waals surface area (Å²) < 4.78 is 45.0. The highest BCUT2D eigenvalue weighted by atomic mass is 19.3. The minimum Gasteiger partial charge on any atom is -0.494 e. The van der Waals surface area contributed by atoms with E-state index in [2.05, 4.69) is 6.07 Å². The van der Waals surface area contributed by atoms with Gasteiger partial charge in [0.2, 0.25) is 0 Å². The van der Waals surface area contributed by atoms with Gasteiger partial charge in [0.1, 0.15) is 11.5 Å². The van der Waals surface area contributed by atoms with Gasteiger partial charge >= 0.3 is 18.0 Å². The number of nitrogen functional groups attached to an aromatic ring is 2. The molecular formula is C31H31F2N3O6. The van der Waals surface area contributed by atoms with Crippen LogP contribution in [0.4, 0.5) is 20.2 Å². The summed E-state index contributed by atoms with van der Waals surface area (Å²) in [5.41, 5.74) is 12.4. The summed E-state index contributed by atoms with van der Waals surface area (Å²) in [7, 11) is 0. The van der Waals surface area contributed by atoms with Crippen molar-refractivity contribution in [3.05, 3.63) is 89.0 Å². The van der Waals surface area contributed by atoms with Gasteiger partial charge in [-0.3, -0.25) is 0 Å². The number of aromatic carboxylic acids is 1. The summed E-state index contributed by atoms with van der Waals surface area (Å²) >= 11 is 0. The number of carbonyl (C=O) groups is 2. The molecule has 0 spiro atoms. The number of carboxylic acids is 1. The highest BCUT2D eigenvalue weighted by Gasteiger charge is 2.34. The van der Waals surface area contributed by atoms with Crippen molar-refractivity contribution in [2.45, 2.75) is 38.2 Å². The molecule has 3 aromatic rings. The predicted octanol–water partition coefficient (Wildman–Crippen LogP) is 5.94. The van der Waals surface area contributed by atoms with E-state index in [0.29, 0.717) is 29.9 Å². The smallest absolute Gasteiger partial charge is 0.426 e. The average Bonchev–Trinajstić information content (AvgIpc) is 2.95. The van der Waals surface area contributed by atoms with Crippen molar-refractivity contribution >= 4 is 29.4 Å². The van der Waals surface area contributed by atoms with E-state index in [1.807, 2.05) is 0 Å². The highest BCUT2D eigenvalue weighted by molar-refractivity contribution is 5.92. The second kappa shape index (κ2) is 15.0. The number of carbonyl (C=O) groups excluding carboxylic acids is 1. The number of carboxylic acid groups (broad SMARTS) is 1. The van der Waals surface area contributed by atoms with E-state index in [4.69, 9.17) is 30.9 Å². The Bertz CT molecular complexity index is 1430. The van der Waals surface area contributed by atoms with Crippen LogP contribution in [0.2, 0.25) is 0 Å². The van der Waals surface area contributed by atoms with E-state index in [9.17, 15) is 23.5 Å². The quantitative estimate of drug-likeness (QED) is 0.0857. The number of ether oxygens (including phenoxy) is 3. The number of hydrogen-bond acceptors (Lipinski definition) is 8. The van der Waals surface area contributed by atoms with Crippen LogP contribution in [0.25, 0.3) is 6.08 Å². The minimum atomic E-state index is -3.59. The van der Waals surface area contributed by atoms with Crippen LogP contribution in [0.15, 0.2) is 66.7 Å². The van der Waals surface area contributed by atoms with Crippen LogP contribution < -0.4 is 20.9 Å². The molecule has 0 saturated heterocycles. The number of nitrogens with zero attached hydrogens (tertiary/aromatic N) is 1. The molecule has 0 atom stereocenters. The first-order valence-electron chi connectivity index (χ1n) is 13.1. The van der Waals surface area contributed by atoms with Crippen LogP contribution in [0, 0.1) is 11.3 Å². The summed E-state index contributed by atoms with van der Waals surface area (Å²) in [6.07, 6.45) is 2.00. The second-order valence-corrected chi connectivity index (χ2v) is 9.22. The largest absolute Gasteiger partial charge is 0.494 e. The van der Waals surface area contributed by atoms with Crippen LogP contribution in [-0.2, 0) is 22.1 Å². The van der Waals surface area contributed by atoms with Crippen molar-refractivity contribution < 1.29 is 37.7 Å². The first kappa shape index (κ1) is 31.4. The standard InChI is InChI=1S/C31H31F2N3O6/c32-31(33,22-8-12-24(13-9-22)40-17-4-2-1-3-16-34)42-25-10-5-21(6-11-25)7-14-29(37)41-18-15-26-27(30(38)39)19-23(35)20-28(26)36/h5-14,19-20H,1-4,15,17-18,35-36H2,(H,38,39). The molecule has 42 heavy (non-hydrogen) atoms. The Kier molecular flexibility index (Phi) is 11.3. The molecular weight excluding hydrogens is 548 g/mol. The van der Waals surface area contributed by atoms with E-state index in [1.165, 1.54) is 66.7 Å². The third-order valence-corrected chi connectivity index (χ3v) is 6.06. The molecule has 0 unspecified atom stereocenters. The number of halogens is 2. The fraction of sp³-hybridized carbons (Fsp3) is 0.258. The van der Waals surface area contributed by atoms with Gasteiger partial charge in [-0.15, -0.1) is 0 Å². The zero-order valence-corrected chi connectivity index (χ0v) is 22.7. The lowest BCUT2D eigenvalue weighted by Gasteiger charge is -2.18. The fourth-order valence-corrected chi connectivity index (χ4v) is 3.93. The number of benzene rings is 3. The van der Waals surface area contributed by atoms with Crippen molar-refractivity contribution in [3.8, 4) is 17.6 Å². The maximum Gasteiger partial charge on any atom is 0.426 e. The van der Waals surface area contributed by atoms with Crippen LogP contribution in [0.1, 0.15) is 52.7 Å². The van der Waals surface area contributed by atoms with Crippen LogP contribution >= 0.6 is 0 Å². The molecule has 0 aliphatic heterocycles. The normalized spacial score (nSPS) is 11.2. The fourth-order valence-electron chi connectivity index (χ4n) is 3.93. The molecule has 3 aromatic carbocycles. The number of alkyl halides is 2. The molecule has 0 saturated carbocycles. The first-order chi connectivity index (χ1) is 20.1. The van der Waals surface area contributed by atoms with Crippen molar-refractivity contribution in [2.24, 2.45) is 0 Å². The summed E-state index contributed by atoms with van der Waals surface area (Å²) in [6, 6.07) is 15.9. The summed E-state index contributed by atoms with van der Waals surface area (Å²) in [5, 5.41) is 17.9. The van der Waals surface area contributed by atoms with Gasteiger partial charge in [0.25, 0.3) is 0 Å². The molecule has 0 bridgehead atoms. The number of esters is 1. The Hall–Kier alpha value is -5.11. The van der Waals surface area contributed by atoms with E-state index >= 15 is 0 Å². The van der Waals surface area contributed by atoms with Crippen molar-refractivity contribution in [1.82, 2.24) is 0 Å². The average molecular weight is 580 g/mol. The number of rotatable bonds is 15. The monoisotopic (exact) mass is 579 g/mol. The zero-order valence-electron chi connectivity index (χ0n) is 22.7. The molecule has 0 aliphatic carbocycles. The summed E-state index contributed by atoms with van der Waals surface area (Å²) in [6.45, 7) is 0.318. The van der Waals surface area contributed by atoms with Crippen molar-refractivity contribution in [3.63, 3.8) is 0 Å². The van der Waals surface area contributed by atoms with Crippen molar-refractivity contribution in [1.29, 1.82) is 5.26 Å². The topological polar surface area (TPSA) is 158 Å². The lowest BCUT2D eigenvalue weighted by atomic mass is 10.0. The molecule has 0 heterocycles. The molecule has 11 heteroatoms. The molecule has 5 N–H and O–H groups in total. The van der Waals surface area contributed by atoms with Gasteiger partial charge in [0.15, 0.2) is 0 Å². The molecule has 9 nitrogen and oxygen atoms in total. The van der Waals surface area contributed by atoms with Gasteiger partial charge in [0.05, 0.1) is 30.4 Å². The number of nitrogens with two attached hydrogens (primary N) is 2. The van der Waals surface area contributed by atoms with Gasteiger partial charge in [-0.1, -0.05) is 12.1 Å². The number of anilines is 2. The van der Waals surface area contributed by atoms with Gasteiger partial charge in [0, 0.05) is 30.3 Å². The maximum absolute atomic E-state index is 14.7. The Morgan fingerprint density at radius 2 is 1.64 bits per heavy atom. The zero-order chi connectivity index (χ0) is 30.5. The van der Waals surface area contributed by atoms with Crippen molar-refractivity contribution in [2.75, 3.05) is 24.7 Å². The third-order valence-electron chi connectivity index (χ3n) is 6.06. The lowest BCUT2D eigenvalue weighted by Crippen LogP contribution is -2.21. The Morgan fingerprint density at radius 1 is 0.952 bits per heavy atom. The number of hydrogen-bond donors (Lipinski definition) is 3. The predicted molar refractivity (Wildman–Crippen MR) is 153 cm³/mol. The van der Waals surface area contributed by atoms with E-state index in [-0.39, 0.29) is 41.3 Å². The summed E-state index contributed by atoms with van der Waals surface area (Å²) in [4.78, 5) is 23.5. The molecule has 220 valence electrons. The molecule has 0 amide bonds. The molecule has 3 rings (SSSR count). The van der Waals surface area contributed by atoms with Gasteiger partial charge in [-0.2, -0.15) is 14.0 Å².